The van der Waals surface area contributed by atoms with Crippen LogP contribution in [-0.2, 0) is 24.8 Å². The quantitative estimate of drug-likeness (QED) is 0.845. The number of aryl methyl sites for hydroxylation is 1. The Morgan fingerprint density at radius 3 is 2.52 bits per heavy atom. The molecule has 1 aromatic carbocycles. The first-order valence-electron chi connectivity index (χ1n) is 9.68. The van der Waals surface area contributed by atoms with E-state index in [0.29, 0.717) is 57.2 Å². The zero-order chi connectivity index (χ0) is 20.4. The van der Waals surface area contributed by atoms with Gasteiger partial charge in [-0.1, -0.05) is 0 Å². The number of fused-ring (bicyclic) bond motifs is 1. The summed E-state index contributed by atoms with van der Waals surface area (Å²) in [6.07, 6.45) is 0.658. The summed E-state index contributed by atoms with van der Waals surface area (Å²) in [5.74, 6) is 0.634. The maximum absolute atomic E-state index is 13.0. The molecule has 3 amide bonds. The monoisotopic (exact) mass is 399 g/mol. The number of nitrogens with zero attached hydrogens (tertiary/aromatic N) is 4. The van der Waals surface area contributed by atoms with E-state index in [1.165, 1.54) is 0 Å². The van der Waals surface area contributed by atoms with Gasteiger partial charge in [-0.2, -0.15) is 5.10 Å². The van der Waals surface area contributed by atoms with Crippen LogP contribution in [0.4, 0.5) is 10.5 Å². The number of rotatable bonds is 3. The average Bonchev–Trinajstić information content (AvgIpc) is 3.10. The van der Waals surface area contributed by atoms with Gasteiger partial charge in [-0.25, -0.2) is 4.79 Å². The van der Waals surface area contributed by atoms with E-state index in [4.69, 9.17) is 9.47 Å². The van der Waals surface area contributed by atoms with Crippen LogP contribution in [0.5, 0.6) is 5.75 Å². The van der Waals surface area contributed by atoms with Gasteiger partial charge in [0.05, 0.1) is 26.9 Å². The lowest BCUT2D eigenvalue weighted by Gasteiger charge is -2.29. The third kappa shape index (κ3) is 3.91. The summed E-state index contributed by atoms with van der Waals surface area (Å²) in [4.78, 5) is 29.2. The minimum absolute atomic E-state index is 0.0948. The number of morpholine rings is 1. The van der Waals surface area contributed by atoms with Crippen molar-refractivity contribution in [3.63, 3.8) is 0 Å². The minimum Gasteiger partial charge on any atom is -0.497 e. The number of carbonyl (C=O) groups is 2. The van der Waals surface area contributed by atoms with Crippen LogP contribution in [0.2, 0.25) is 0 Å². The Morgan fingerprint density at radius 1 is 1.10 bits per heavy atom. The van der Waals surface area contributed by atoms with Crippen LogP contribution < -0.4 is 10.1 Å². The number of hydrogen-bond acceptors (Lipinski definition) is 5. The van der Waals surface area contributed by atoms with E-state index in [1.54, 1.807) is 45.9 Å². The molecule has 2 aliphatic heterocycles. The minimum atomic E-state index is -0.200. The topological polar surface area (TPSA) is 88.9 Å². The second-order valence-corrected chi connectivity index (χ2v) is 7.13. The summed E-state index contributed by atoms with van der Waals surface area (Å²) in [6, 6.07) is 6.98. The summed E-state index contributed by atoms with van der Waals surface area (Å²) < 4.78 is 12.2. The molecule has 4 rings (SSSR count). The summed E-state index contributed by atoms with van der Waals surface area (Å²) in [6.45, 7) is 3.13. The van der Waals surface area contributed by atoms with E-state index < -0.39 is 0 Å². The Kier molecular flexibility index (Phi) is 5.39. The molecule has 2 aromatic rings. The number of methoxy groups -OCH3 is 1. The molecular weight excluding hydrogens is 374 g/mol. The van der Waals surface area contributed by atoms with Crippen molar-refractivity contribution in [1.29, 1.82) is 0 Å². The molecule has 1 saturated heterocycles. The SMILES string of the molecule is COc1ccc(NC(=O)N2CCc3c(c(C(=O)N4CCOCC4)nn3C)C2)cc1. The fourth-order valence-corrected chi connectivity index (χ4v) is 3.73. The second-order valence-electron chi connectivity index (χ2n) is 7.13. The molecule has 1 aromatic heterocycles. The third-order valence-corrected chi connectivity index (χ3v) is 5.37. The van der Waals surface area contributed by atoms with Crippen molar-refractivity contribution in [2.75, 3.05) is 45.3 Å². The van der Waals surface area contributed by atoms with Gasteiger partial charge in [0.1, 0.15) is 5.75 Å². The standard InChI is InChI=1S/C20H25N5O4/c1-23-17-7-8-25(20(27)21-14-3-5-15(28-2)6-4-14)13-16(17)18(22-23)19(26)24-9-11-29-12-10-24/h3-6H,7-13H2,1-2H3,(H,21,27). The Morgan fingerprint density at radius 2 is 1.83 bits per heavy atom. The van der Waals surface area contributed by atoms with Crippen LogP contribution in [0.1, 0.15) is 21.7 Å². The molecule has 0 unspecified atom stereocenters. The number of anilines is 1. The lowest BCUT2D eigenvalue weighted by atomic mass is 10.0. The molecule has 9 heteroatoms. The van der Waals surface area contributed by atoms with Crippen LogP contribution in [0.15, 0.2) is 24.3 Å². The maximum Gasteiger partial charge on any atom is 0.322 e. The highest BCUT2D eigenvalue weighted by molar-refractivity contribution is 5.95. The van der Waals surface area contributed by atoms with Gasteiger partial charge in [0, 0.05) is 50.0 Å². The number of nitrogens with one attached hydrogen (secondary N) is 1. The largest absolute Gasteiger partial charge is 0.497 e. The summed E-state index contributed by atoms with van der Waals surface area (Å²) in [5, 5.41) is 7.38. The van der Waals surface area contributed by atoms with Gasteiger partial charge < -0.3 is 24.6 Å². The van der Waals surface area contributed by atoms with Gasteiger partial charge in [-0.15, -0.1) is 0 Å². The van der Waals surface area contributed by atoms with Crippen LogP contribution in [-0.4, -0.2) is 71.5 Å². The average molecular weight is 399 g/mol. The highest BCUT2D eigenvalue weighted by Crippen LogP contribution is 2.24. The maximum atomic E-state index is 13.0. The number of aromatic nitrogens is 2. The van der Waals surface area contributed by atoms with Crippen LogP contribution in [0.25, 0.3) is 0 Å². The van der Waals surface area contributed by atoms with E-state index in [9.17, 15) is 9.59 Å². The number of ether oxygens (including phenoxy) is 2. The Bertz CT molecular complexity index is 902. The molecular formula is C20H25N5O4. The zero-order valence-electron chi connectivity index (χ0n) is 16.7. The highest BCUT2D eigenvalue weighted by Gasteiger charge is 2.31. The molecule has 154 valence electrons. The molecule has 2 aliphatic rings. The van der Waals surface area contributed by atoms with Crippen molar-refractivity contribution < 1.29 is 19.1 Å². The van der Waals surface area contributed by atoms with Gasteiger partial charge >= 0.3 is 6.03 Å². The van der Waals surface area contributed by atoms with Gasteiger partial charge in [-0.3, -0.25) is 9.48 Å². The van der Waals surface area contributed by atoms with E-state index in [-0.39, 0.29) is 11.9 Å². The predicted octanol–water partition coefficient (Wildman–Crippen LogP) is 1.49. The molecule has 9 nitrogen and oxygen atoms in total. The van der Waals surface area contributed by atoms with E-state index in [1.807, 2.05) is 7.05 Å². The Balaban J connectivity index is 1.49. The van der Waals surface area contributed by atoms with E-state index in [0.717, 1.165) is 17.0 Å². The Hall–Kier alpha value is -3.07. The second kappa shape index (κ2) is 8.12. The van der Waals surface area contributed by atoms with Gasteiger partial charge in [0.15, 0.2) is 5.69 Å². The highest BCUT2D eigenvalue weighted by atomic mass is 16.5. The first-order chi connectivity index (χ1) is 14.1. The summed E-state index contributed by atoms with van der Waals surface area (Å²) >= 11 is 0. The number of benzene rings is 1. The molecule has 29 heavy (non-hydrogen) atoms. The van der Waals surface area contributed by atoms with Crippen LogP contribution >= 0.6 is 0 Å². The van der Waals surface area contributed by atoms with Crippen molar-refractivity contribution >= 4 is 17.6 Å². The van der Waals surface area contributed by atoms with Crippen LogP contribution in [0.3, 0.4) is 0 Å². The lowest BCUT2D eigenvalue weighted by Crippen LogP contribution is -2.42. The molecule has 3 heterocycles. The zero-order valence-corrected chi connectivity index (χ0v) is 16.7. The summed E-state index contributed by atoms with van der Waals surface area (Å²) in [5.41, 5.74) is 2.97. The fourth-order valence-electron chi connectivity index (χ4n) is 3.73. The number of hydrogen-bond donors (Lipinski definition) is 1. The molecule has 0 atom stereocenters. The van der Waals surface area contributed by atoms with Crippen molar-refractivity contribution in [1.82, 2.24) is 19.6 Å². The van der Waals surface area contributed by atoms with Crippen molar-refractivity contribution in [3.8, 4) is 5.75 Å². The molecule has 1 N–H and O–H groups in total. The lowest BCUT2D eigenvalue weighted by molar-refractivity contribution is 0.0297. The van der Waals surface area contributed by atoms with Crippen molar-refractivity contribution in [2.45, 2.75) is 13.0 Å². The molecule has 0 bridgehead atoms. The predicted molar refractivity (Wildman–Crippen MR) is 106 cm³/mol. The van der Waals surface area contributed by atoms with Gasteiger partial charge in [0.2, 0.25) is 0 Å². The van der Waals surface area contributed by atoms with Crippen molar-refractivity contribution in [2.24, 2.45) is 7.05 Å². The first kappa shape index (κ1) is 19.3. The smallest absolute Gasteiger partial charge is 0.322 e. The Labute approximate surface area is 169 Å². The molecule has 0 radical (unpaired) electrons. The summed E-state index contributed by atoms with van der Waals surface area (Å²) in [7, 11) is 3.45. The fraction of sp³-hybridized carbons (Fsp3) is 0.450. The first-order valence-corrected chi connectivity index (χ1v) is 9.68. The van der Waals surface area contributed by atoms with E-state index >= 15 is 0 Å². The molecule has 1 fully saturated rings. The number of carbonyl (C=O) groups excluding carboxylic acids is 2. The third-order valence-electron chi connectivity index (χ3n) is 5.37. The van der Waals surface area contributed by atoms with E-state index in [2.05, 4.69) is 10.4 Å². The van der Waals surface area contributed by atoms with Gasteiger partial charge in [0.25, 0.3) is 5.91 Å². The number of urea groups is 1. The normalized spacial score (nSPS) is 16.3. The van der Waals surface area contributed by atoms with Crippen LogP contribution in [0, 0.1) is 0 Å². The molecule has 0 spiro atoms. The van der Waals surface area contributed by atoms with Gasteiger partial charge in [-0.05, 0) is 24.3 Å². The molecule has 0 saturated carbocycles. The molecule has 0 aliphatic carbocycles. The van der Waals surface area contributed by atoms with Crippen molar-refractivity contribution in [3.05, 3.63) is 41.2 Å². The number of amides is 3.